The smallest absolute Gasteiger partial charge is 0.0742 e. The van der Waals surface area contributed by atoms with Gasteiger partial charge in [-0.15, -0.1) is 11.3 Å². The van der Waals surface area contributed by atoms with Gasteiger partial charge in [0.15, 0.2) is 0 Å². The quantitative estimate of drug-likeness (QED) is 0.637. The maximum Gasteiger partial charge on any atom is 0.0742 e. The Morgan fingerprint density at radius 3 is 2.62 bits per heavy atom. The minimum atomic E-state index is 1.16. The minimum absolute atomic E-state index is 1.16. The molecule has 1 rings (SSSR count). The van der Waals surface area contributed by atoms with Crippen LogP contribution in [0.4, 0.5) is 0 Å². The van der Waals surface area contributed by atoms with Crippen molar-refractivity contribution in [3.63, 3.8) is 0 Å². The first-order chi connectivity index (χ1) is 7.74. The van der Waals surface area contributed by atoms with Gasteiger partial charge in [0.25, 0.3) is 0 Å². The van der Waals surface area contributed by atoms with Crippen LogP contribution in [0.5, 0.6) is 0 Å². The van der Waals surface area contributed by atoms with E-state index in [1.807, 2.05) is 0 Å². The second kappa shape index (κ2) is 8.67. The number of halogens is 2. The van der Waals surface area contributed by atoms with Gasteiger partial charge in [0.2, 0.25) is 0 Å². The topological polar surface area (TPSA) is 12.0 Å². The third-order valence-electron chi connectivity index (χ3n) is 2.45. The lowest BCUT2D eigenvalue weighted by Crippen LogP contribution is -2.15. The largest absolute Gasteiger partial charge is 0.317 e. The van der Waals surface area contributed by atoms with Crippen molar-refractivity contribution >= 4 is 43.2 Å². The van der Waals surface area contributed by atoms with Gasteiger partial charge < -0.3 is 5.32 Å². The third kappa shape index (κ3) is 5.80. The Bertz CT molecular complexity index is 299. The molecule has 1 heterocycles. The van der Waals surface area contributed by atoms with Gasteiger partial charge in [0, 0.05) is 0 Å². The molecule has 0 aliphatic rings. The molecule has 0 amide bonds. The summed E-state index contributed by atoms with van der Waals surface area (Å²) in [7, 11) is 0. The van der Waals surface area contributed by atoms with Crippen LogP contribution in [0.15, 0.2) is 13.6 Å². The number of nitrogens with one attached hydrogen (secondary N) is 1. The van der Waals surface area contributed by atoms with Crippen LogP contribution in [0, 0.1) is 0 Å². The number of thiophene rings is 1. The summed E-state index contributed by atoms with van der Waals surface area (Å²) in [4.78, 5) is 0. The predicted molar refractivity (Wildman–Crippen MR) is 80.4 cm³/mol. The van der Waals surface area contributed by atoms with Gasteiger partial charge in [-0.05, 0) is 82.3 Å². The highest BCUT2D eigenvalue weighted by Crippen LogP contribution is 2.32. The lowest BCUT2D eigenvalue weighted by Gasteiger charge is -2.02. The second-order valence-corrected chi connectivity index (χ2v) is 7.66. The molecule has 0 atom stereocenters. The molecule has 0 bridgehead atoms. The van der Waals surface area contributed by atoms with Crippen molar-refractivity contribution in [3.05, 3.63) is 19.2 Å². The van der Waals surface area contributed by atoms with Gasteiger partial charge in [-0.25, -0.2) is 0 Å². The summed E-state index contributed by atoms with van der Waals surface area (Å²) in [6.45, 7) is 4.53. The molecule has 4 heteroatoms. The Kier molecular flexibility index (Phi) is 7.96. The molecule has 0 unspecified atom stereocenters. The van der Waals surface area contributed by atoms with E-state index in [1.54, 1.807) is 11.3 Å². The fraction of sp³-hybridized carbons (Fsp3) is 0.667. The van der Waals surface area contributed by atoms with E-state index in [2.05, 4.69) is 50.2 Å². The molecule has 1 aromatic rings. The molecule has 0 saturated carbocycles. The molecule has 0 fully saturated rings. The molecule has 0 spiro atoms. The van der Waals surface area contributed by atoms with Crippen molar-refractivity contribution in [3.8, 4) is 0 Å². The highest BCUT2D eigenvalue weighted by Gasteiger charge is 2.04. The van der Waals surface area contributed by atoms with E-state index in [1.165, 1.54) is 51.8 Å². The number of hydrogen-bond donors (Lipinski definition) is 1. The van der Waals surface area contributed by atoms with Gasteiger partial charge >= 0.3 is 0 Å². The van der Waals surface area contributed by atoms with Gasteiger partial charge in [-0.1, -0.05) is 13.3 Å². The Labute approximate surface area is 119 Å². The molecule has 0 aromatic carbocycles. The van der Waals surface area contributed by atoms with Crippen molar-refractivity contribution in [2.75, 3.05) is 13.1 Å². The zero-order valence-electron chi connectivity index (χ0n) is 9.69. The Hall–Kier alpha value is 0.620. The number of aryl methyl sites for hydroxylation is 1. The van der Waals surface area contributed by atoms with Crippen molar-refractivity contribution < 1.29 is 0 Å². The highest BCUT2D eigenvalue weighted by atomic mass is 79.9. The standard InChI is InChI=1S/C12H19Br2NS/c1-2-7-15-8-5-3-4-6-10-9-11(13)16-12(10)14/h9,15H,2-8H2,1H3. The molecular formula is C12H19Br2NS. The average Bonchev–Trinajstić information content (AvgIpc) is 2.56. The first-order valence-corrected chi connectivity index (χ1v) is 8.28. The van der Waals surface area contributed by atoms with Crippen LogP contribution < -0.4 is 5.32 Å². The van der Waals surface area contributed by atoms with Gasteiger partial charge in [-0.2, -0.15) is 0 Å². The first kappa shape index (κ1) is 14.7. The molecule has 0 radical (unpaired) electrons. The monoisotopic (exact) mass is 367 g/mol. The summed E-state index contributed by atoms with van der Waals surface area (Å²) in [5.74, 6) is 0. The second-order valence-electron chi connectivity index (χ2n) is 3.91. The number of rotatable bonds is 8. The third-order valence-corrected chi connectivity index (χ3v) is 4.92. The van der Waals surface area contributed by atoms with E-state index in [0.29, 0.717) is 0 Å². The van der Waals surface area contributed by atoms with Gasteiger partial charge in [0.1, 0.15) is 0 Å². The Balaban J connectivity index is 2.05. The maximum absolute atomic E-state index is 3.60. The van der Waals surface area contributed by atoms with E-state index < -0.39 is 0 Å². The van der Waals surface area contributed by atoms with E-state index in [4.69, 9.17) is 0 Å². The van der Waals surface area contributed by atoms with Crippen molar-refractivity contribution in [1.82, 2.24) is 5.32 Å². The van der Waals surface area contributed by atoms with Crippen LogP contribution in [-0.4, -0.2) is 13.1 Å². The lowest BCUT2D eigenvalue weighted by atomic mass is 10.1. The normalized spacial score (nSPS) is 10.9. The van der Waals surface area contributed by atoms with Crippen molar-refractivity contribution in [2.45, 2.75) is 39.0 Å². The summed E-state index contributed by atoms with van der Waals surface area (Å²) < 4.78 is 2.50. The van der Waals surface area contributed by atoms with Crippen LogP contribution in [0.2, 0.25) is 0 Å². The summed E-state index contributed by atoms with van der Waals surface area (Å²) in [5, 5.41) is 3.43. The summed E-state index contributed by atoms with van der Waals surface area (Å²) in [6.07, 6.45) is 6.32. The summed E-state index contributed by atoms with van der Waals surface area (Å²) in [6, 6.07) is 2.23. The van der Waals surface area contributed by atoms with Crippen LogP contribution in [0.3, 0.4) is 0 Å². The maximum atomic E-state index is 3.60. The predicted octanol–water partition coefficient (Wildman–Crippen LogP) is 4.99. The Morgan fingerprint density at radius 1 is 1.19 bits per heavy atom. The molecule has 1 N–H and O–H groups in total. The summed E-state index contributed by atoms with van der Waals surface area (Å²) >= 11 is 8.87. The zero-order chi connectivity index (χ0) is 11.8. The summed E-state index contributed by atoms with van der Waals surface area (Å²) in [5.41, 5.74) is 1.44. The van der Waals surface area contributed by atoms with Gasteiger partial charge in [0.05, 0.1) is 7.57 Å². The van der Waals surface area contributed by atoms with Crippen molar-refractivity contribution in [1.29, 1.82) is 0 Å². The number of hydrogen-bond acceptors (Lipinski definition) is 2. The molecule has 0 saturated heterocycles. The molecule has 1 aromatic heterocycles. The van der Waals surface area contributed by atoms with E-state index in [9.17, 15) is 0 Å². The van der Waals surface area contributed by atoms with Crippen LogP contribution in [0.1, 0.15) is 38.2 Å². The van der Waals surface area contributed by atoms with Gasteiger partial charge in [-0.3, -0.25) is 0 Å². The molecule has 0 aliphatic carbocycles. The highest BCUT2D eigenvalue weighted by molar-refractivity contribution is 9.12. The molecule has 16 heavy (non-hydrogen) atoms. The SMILES string of the molecule is CCCNCCCCCc1cc(Br)sc1Br. The average molecular weight is 369 g/mol. The van der Waals surface area contributed by atoms with Crippen LogP contribution >= 0.6 is 43.2 Å². The van der Waals surface area contributed by atoms with E-state index in [-0.39, 0.29) is 0 Å². The Morgan fingerprint density at radius 2 is 2.00 bits per heavy atom. The fourth-order valence-electron chi connectivity index (χ4n) is 1.59. The van der Waals surface area contributed by atoms with Crippen LogP contribution in [0.25, 0.3) is 0 Å². The first-order valence-electron chi connectivity index (χ1n) is 5.88. The fourth-order valence-corrected chi connectivity index (χ4v) is 4.50. The molecule has 92 valence electrons. The molecule has 1 nitrogen and oxygen atoms in total. The van der Waals surface area contributed by atoms with E-state index in [0.717, 1.165) is 6.54 Å². The zero-order valence-corrected chi connectivity index (χ0v) is 13.7. The van der Waals surface area contributed by atoms with Crippen molar-refractivity contribution in [2.24, 2.45) is 0 Å². The lowest BCUT2D eigenvalue weighted by molar-refractivity contribution is 0.599. The molecule has 0 aliphatic heterocycles. The van der Waals surface area contributed by atoms with E-state index >= 15 is 0 Å². The minimum Gasteiger partial charge on any atom is -0.317 e. The van der Waals surface area contributed by atoms with Crippen LogP contribution in [-0.2, 0) is 6.42 Å². The number of unbranched alkanes of at least 4 members (excludes halogenated alkanes) is 2. The molecular weight excluding hydrogens is 350 g/mol.